The van der Waals surface area contributed by atoms with Gasteiger partial charge in [-0.25, -0.2) is 4.79 Å². The molecule has 3 atom stereocenters. The summed E-state index contributed by atoms with van der Waals surface area (Å²) in [6.07, 6.45) is 0.880. The predicted octanol–water partition coefficient (Wildman–Crippen LogP) is -1.56. The molecule has 0 aliphatic heterocycles. The summed E-state index contributed by atoms with van der Waals surface area (Å²) in [5, 5.41) is 13.6. The molecular weight excluding hydrogens is 360 g/mol. The van der Waals surface area contributed by atoms with Gasteiger partial charge in [0, 0.05) is 13.0 Å². The number of carbonyl (C=O) groups is 4. The molecule has 0 fully saturated rings. The third kappa shape index (κ3) is 7.93. The quantitative estimate of drug-likeness (QED) is 0.287. The Morgan fingerprint density at radius 1 is 1.23 bits per heavy atom. The standard InChI is InChI=1S/C12H21BrN4O5/c1-2-3-7(14)11(20)17-8(12(21)22)5-16-10(19)6(13)4-9(15)18/h6-8H,2-5,14H2,1H3,(H2,15,18)(H,16,19)(H,17,20)(H,21,22)/t6-,7-,8-/m0/s1. The van der Waals surface area contributed by atoms with Gasteiger partial charge in [0.2, 0.25) is 17.7 Å². The van der Waals surface area contributed by atoms with E-state index in [1.54, 1.807) is 0 Å². The largest absolute Gasteiger partial charge is 0.480 e. The SMILES string of the molecule is CCC[C@H](N)C(=O)N[C@@H](CNC(=O)[C@@H](Br)CC(N)=O)C(=O)O. The number of primary amides is 1. The summed E-state index contributed by atoms with van der Waals surface area (Å²) >= 11 is 2.96. The van der Waals surface area contributed by atoms with Gasteiger partial charge >= 0.3 is 5.97 Å². The molecule has 0 bridgehead atoms. The van der Waals surface area contributed by atoms with Crippen LogP contribution in [0.4, 0.5) is 0 Å². The molecule has 0 aliphatic carbocycles. The number of nitrogens with one attached hydrogen (secondary N) is 2. The minimum atomic E-state index is -1.31. The first-order valence-corrected chi connectivity index (χ1v) is 7.59. The van der Waals surface area contributed by atoms with Crippen LogP contribution in [0.5, 0.6) is 0 Å². The second kappa shape index (κ2) is 10.1. The third-order valence-corrected chi connectivity index (χ3v) is 3.44. The van der Waals surface area contributed by atoms with Gasteiger partial charge in [-0.2, -0.15) is 0 Å². The zero-order valence-corrected chi connectivity index (χ0v) is 13.8. The molecule has 22 heavy (non-hydrogen) atoms. The lowest BCUT2D eigenvalue weighted by Crippen LogP contribution is -2.53. The third-order valence-electron chi connectivity index (χ3n) is 2.70. The van der Waals surface area contributed by atoms with Crippen molar-refractivity contribution in [2.45, 2.75) is 43.1 Å². The van der Waals surface area contributed by atoms with E-state index < -0.39 is 40.6 Å². The highest BCUT2D eigenvalue weighted by Gasteiger charge is 2.25. The van der Waals surface area contributed by atoms with Gasteiger partial charge in [0.05, 0.1) is 6.04 Å². The lowest BCUT2D eigenvalue weighted by atomic mass is 10.1. The first kappa shape index (κ1) is 20.3. The van der Waals surface area contributed by atoms with Crippen LogP contribution in [-0.4, -0.2) is 52.3 Å². The normalized spacial score (nSPS) is 14.5. The van der Waals surface area contributed by atoms with Gasteiger partial charge in [0.25, 0.3) is 0 Å². The van der Waals surface area contributed by atoms with Crippen molar-refractivity contribution in [2.24, 2.45) is 11.5 Å². The average molecular weight is 381 g/mol. The number of aliphatic carboxylic acids is 1. The maximum absolute atomic E-state index is 11.7. The first-order chi connectivity index (χ1) is 10.2. The summed E-state index contributed by atoms with van der Waals surface area (Å²) in [4.78, 5) is 44.2. The maximum Gasteiger partial charge on any atom is 0.328 e. The van der Waals surface area contributed by atoms with E-state index in [1.807, 2.05) is 6.92 Å². The lowest BCUT2D eigenvalue weighted by molar-refractivity contribution is -0.142. The Kier molecular flexibility index (Phi) is 9.34. The number of nitrogens with two attached hydrogens (primary N) is 2. The van der Waals surface area contributed by atoms with E-state index in [4.69, 9.17) is 16.6 Å². The molecule has 0 aliphatic rings. The molecule has 0 aromatic carbocycles. The highest BCUT2D eigenvalue weighted by Crippen LogP contribution is 2.04. The Morgan fingerprint density at radius 3 is 2.27 bits per heavy atom. The number of hydrogen-bond acceptors (Lipinski definition) is 5. The van der Waals surface area contributed by atoms with Crippen LogP contribution < -0.4 is 22.1 Å². The van der Waals surface area contributed by atoms with Gasteiger partial charge < -0.3 is 27.2 Å². The molecule has 10 heteroatoms. The zero-order chi connectivity index (χ0) is 17.3. The highest BCUT2D eigenvalue weighted by atomic mass is 79.9. The number of carboxylic acid groups (broad SMARTS) is 1. The second-order valence-corrected chi connectivity index (χ2v) is 5.78. The van der Waals surface area contributed by atoms with Gasteiger partial charge in [-0.05, 0) is 6.42 Å². The Balaban J connectivity index is 4.48. The molecular formula is C12H21BrN4O5. The summed E-state index contributed by atoms with van der Waals surface area (Å²) < 4.78 is 0. The van der Waals surface area contributed by atoms with Crippen molar-refractivity contribution >= 4 is 39.6 Å². The maximum atomic E-state index is 11.7. The average Bonchev–Trinajstić information content (AvgIpc) is 2.41. The second-order valence-electron chi connectivity index (χ2n) is 4.68. The van der Waals surface area contributed by atoms with Crippen molar-refractivity contribution in [3.05, 3.63) is 0 Å². The van der Waals surface area contributed by atoms with Gasteiger partial charge in [-0.1, -0.05) is 29.3 Å². The van der Waals surface area contributed by atoms with Gasteiger partial charge in [0.1, 0.15) is 10.9 Å². The molecule has 0 aromatic heterocycles. The van der Waals surface area contributed by atoms with Crippen molar-refractivity contribution in [1.82, 2.24) is 10.6 Å². The number of alkyl halides is 1. The minimum Gasteiger partial charge on any atom is -0.480 e. The molecule has 0 unspecified atom stereocenters. The van der Waals surface area contributed by atoms with Crippen molar-refractivity contribution in [3.8, 4) is 0 Å². The molecule has 0 heterocycles. The van der Waals surface area contributed by atoms with Crippen LogP contribution in [-0.2, 0) is 19.2 Å². The zero-order valence-electron chi connectivity index (χ0n) is 12.2. The van der Waals surface area contributed by atoms with E-state index in [2.05, 4.69) is 26.6 Å². The van der Waals surface area contributed by atoms with Crippen LogP contribution in [0.1, 0.15) is 26.2 Å². The fourth-order valence-electron chi connectivity index (χ4n) is 1.50. The van der Waals surface area contributed by atoms with Crippen LogP contribution in [0.3, 0.4) is 0 Å². The van der Waals surface area contributed by atoms with Crippen LogP contribution in [0.25, 0.3) is 0 Å². The number of amides is 3. The Bertz CT molecular complexity index is 432. The van der Waals surface area contributed by atoms with Gasteiger partial charge in [0.15, 0.2) is 0 Å². The number of rotatable bonds is 10. The van der Waals surface area contributed by atoms with E-state index in [9.17, 15) is 19.2 Å². The first-order valence-electron chi connectivity index (χ1n) is 6.67. The van der Waals surface area contributed by atoms with Crippen molar-refractivity contribution in [3.63, 3.8) is 0 Å². The van der Waals surface area contributed by atoms with E-state index >= 15 is 0 Å². The number of carboxylic acids is 1. The number of halogens is 1. The molecule has 0 aromatic rings. The summed E-state index contributed by atoms with van der Waals surface area (Å²) in [6.45, 7) is 1.51. The predicted molar refractivity (Wildman–Crippen MR) is 82.0 cm³/mol. The molecule has 7 N–H and O–H groups in total. The highest BCUT2D eigenvalue weighted by molar-refractivity contribution is 9.10. The Morgan fingerprint density at radius 2 is 1.82 bits per heavy atom. The summed E-state index contributed by atoms with van der Waals surface area (Å²) in [5.41, 5.74) is 10.5. The van der Waals surface area contributed by atoms with Crippen molar-refractivity contribution in [2.75, 3.05) is 6.54 Å². The molecule has 0 rings (SSSR count). The summed E-state index contributed by atoms with van der Waals surface area (Å²) in [6, 6.07) is -2.12. The van der Waals surface area contributed by atoms with Crippen LogP contribution in [0, 0.1) is 0 Å². The fraction of sp³-hybridized carbons (Fsp3) is 0.667. The van der Waals surface area contributed by atoms with Crippen LogP contribution in [0.2, 0.25) is 0 Å². The summed E-state index contributed by atoms with van der Waals surface area (Å²) in [7, 11) is 0. The number of hydrogen-bond donors (Lipinski definition) is 5. The molecule has 0 radical (unpaired) electrons. The monoisotopic (exact) mass is 380 g/mol. The Labute approximate surface area is 136 Å². The molecule has 0 spiro atoms. The lowest BCUT2D eigenvalue weighted by Gasteiger charge is -2.18. The number of carbonyl (C=O) groups excluding carboxylic acids is 3. The Hall–Kier alpha value is -1.68. The minimum absolute atomic E-state index is 0.225. The van der Waals surface area contributed by atoms with E-state index in [-0.39, 0.29) is 13.0 Å². The van der Waals surface area contributed by atoms with Crippen molar-refractivity contribution in [1.29, 1.82) is 0 Å². The molecule has 126 valence electrons. The van der Waals surface area contributed by atoms with Crippen molar-refractivity contribution < 1.29 is 24.3 Å². The molecule has 0 saturated heterocycles. The smallest absolute Gasteiger partial charge is 0.328 e. The van der Waals surface area contributed by atoms with Gasteiger partial charge in [-0.15, -0.1) is 0 Å². The fourth-order valence-corrected chi connectivity index (χ4v) is 1.98. The summed E-state index contributed by atoms with van der Waals surface area (Å²) in [5.74, 6) is -3.18. The molecule has 0 saturated carbocycles. The van der Waals surface area contributed by atoms with Crippen LogP contribution >= 0.6 is 15.9 Å². The van der Waals surface area contributed by atoms with E-state index in [1.165, 1.54) is 0 Å². The van der Waals surface area contributed by atoms with E-state index in [0.717, 1.165) is 0 Å². The topological polar surface area (TPSA) is 165 Å². The molecule has 9 nitrogen and oxygen atoms in total. The van der Waals surface area contributed by atoms with E-state index in [0.29, 0.717) is 12.8 Å². The van der Waals surface area contributed by atoms with Crippen LogP contribution in [0.15, 0.2) is 0 Å². The van der Waals surface area contributed by atoms with Gasteiger partial charge in [-0.3, -0.25) is 14.4 Å². The molecule has 3 amide bonds.